The van der Waals surface area contributed by atoms with Crippen molar-refractivity contribution in [3.05, 3.63) is 43.7 Å². The van der Waals surface area contributed by atoms with E-state index < -0.39 is 0 Å². The minimum Gasteiger partial charge on any atom is -0.302 e. The Balaban J connectivity index is 1.88. The van der Waals surface area contributed by atoms with Gasteiger partial charge in [-0.05, 0) is 36.4 Å². The summed E-state index contributed by atoms with van der Waals surface area (Å²) in [5.41, 5.74) is 0. The van der Waals surface area contributed by atoms with E-state index in [1.54, 1.807) is 22.7 Å². The van der Waals surface area contributed by atoms with Crippen LogP contribution < -0.4 is 5.32 Å². The van der Waals surface area contributed by atoms with Crippen molar-refractivity contribution >= 4 is 34.3 Å². The Morgan fingerprint density at radius 3 is 2.69 bits per heavy atom. The Bertz CT molecular complexity index is 459. The second kappa shape index (κ2) is 4.49. The molecule has 16 heavy (non-hydrogen) atoms. The molecule has 1 aliphatic rings. The lowest BCUT2D eigenvalue weighted by atomic mass is 10.2. The predicted molar refractivity (Wildman–Crippen MR) is 71.6 cm³/mol. The van der Waals surface area contributed by atoms with Gasteiger partial charge in [0.15, 0.2) is 0 Å². The Morgan fingerprint density at radius 2 is 2.12 bits per heavy atom. The highest BCUT2D eigenvalue weighted by atomic mass is 35.5. The average Bonchev–Trinajstić information content (AvgIpc) is 2.79. The lowest BCUT2D eigenvalue weighted by molar-refractivity contribution is 0.617. The van der Waals surface area contributed by atoms with Crippen molar-refractivity contribution in [3.8, 4) is 0 Å². The summed E-state index contributed by atoms with van der Waals surface area (Å²) >= 11 is 9.49. The Labute approximate surface area is 108 Å². The van der Waals surface area contributed by atoms with Crippen molar-refractivity contribution in [2.45, 2.75) is 24.9 Å². The summed E-state index contributed by atoms with van der Waals surface area (Å²) < 4.78 is 0.870. The van der Waals surface area contributed by atoms with Crippen molar-refractivity contribution in [1.82, 2.24) is 5.32 Å². The molecule has 1 nitrogen and oxygen atoms in total. The summed E-state index contributed by atoms with van der Waals surface area (Å²) in [6, 6.07) is 9.46. The first kappa shape index (κ1) is 10.8. The maximum Gasteiger partial charge on any atom is 0.0931 e. The molecular weight excluding hydrogens is 258 g/mol. The number of hydrogen-bond donors (Lipinski definition) is 1. The molecule has 0 radical (unpaired) electrons. The normalized spacial score (nSPS) is 17.6. The van der Waals surface area contributed by atoms with E-state index in [-0.39, 0.29) is 0 Å². The second-order valence-electron chi connectivity index (χ2n) is 4.03. The summed E-state index contributed by atoms with van der Waals surface area (Å²) in [6.45, 7) is 0. The first-order valence-corrected chi connectivity index (χ1v) is 7.45. The van der Waals surface area contributed by atoms with Gasteiger partial charge in [-0.2, -0.15) is 0 Å². The molecule has 0 aliphatic heterocycles. The van der Waals surface area contributed by atoms with Gasteiger partial charge in [0.05, 0.1) is 10.4 Å². The van der Waals surface area contributed by atoms with E-state index in [2.05, 4.69) is 28.9 Å². The van der Waals surface area contributed by atoms with Crippen LogP contribution in [-0.4, -0.2) is 6.04 Å². The van der Waals surface area contributed by atoms with Gasteiger partial charge in [-0.1, -0.05) is 17.7 Å². The average molecular weight is 270 g/mol. The summed E-state index contributed by atoms with van der Waals surface area (Å²) in [5.74, 6) is 0. The molecule has 2 heterocycles. The van der Waals surface area contributed by atoms with E-state index in [0.717, 1.165) is 4.34 Å². The first-order chi connectivity index (χ1) is 7.83. The van der Waals surface area contributed by atoms with Gasteiger partial charge in [-0.15, -0.1) is 22.7 Å². The highest BCUT2D eigenvalue weighted by molar-refractivity contribution is 7.16. The smallest absolute Gasteiger partial charge is 0.0931 e. The minimum absolute atomic E-state index is 0.338. The van der Waals surface area contributed by atoms with E-state index in [1.807, 2.05) is 6.07 Å². The lowest BCUT2D eigenvalue weighted by Crippen LogP contribution is -2.22. The van der Waals surface area contributed by atoms with Crippen molar-refractivity contribution in [2.24, 2.45) is 0 Å². The topological polar surface area (TPSA) is 12.0 Å². The third kappa shape index (κ3) is 2.33. The molecular formula is C12H12ClNS2. The van der Waals surface area contributed by atoms with Crippen LogP contribution in [0.15, 0.2) is 29.6 Å². The fourth-order valence-corrected chi connectivity index (χ4v) is 3.75. The van der Waals surface area contributed by atoms with Crippen LogP contribution in [-0.2, 0) is 0 Å². The predicted octanol–water partition coefficient (Wildman–Crippen LogP) is 4.30. The molecule has 3 rings (SSSR count). The molecule has 84 valence electrons. The standard InChI is InChI=1S/C12H12ClNS2/c13-11-6-5-10(16-11)12(14-8-3-4-8)9-2-1-7-15-9/h1-2,5-8,12,14H,3-4H2. The van der Waals surface area contributed by atoms with Gasteiger partial charge in [0, 0.05) is 15.8 Å². The van der Waals surface area contributed by atoms with Gasteiger partial charge in [-0.25, -0.2) is 0 Å². The molecule has 1 N–H and O–H groups in total. The summed E-state index contributed by atoms with van der Waals surface area (Å²) in [6.07, 6.45) is 2.61. The molecule has 1 fully saturated rings. The summed E-state index contributed by atoms with van der Waals surface area (Å²) in [7, 11) is 0. The number of thiophene rings is 2. The van der Waals surface area contributed by atoms with E-state index in [9.17, 15) is 0 Å². The van der Waals surface area contributed by atoms with Crippen molar-refractivity contribution in [2.75, 3.05) is 0 Å². The van der Waals surface area contributed by atoms with Crippen LogP contribution in [0.5, 0.6) is 0 Å². The summed E-state index contributed by atoms with van der Waals surface area (Å²) in [5, 5.41) is 5.82. The number of halogens is 1. The molecule has 2 aromatic rings. The summed E-state index contributed by atoms with van der Waals surface area (Å²) in [4.78, 5) is 2.70. The third-order valence-corrected chi connectivity index (χ3v) is 4.92. The molecule has 0 amide bonds. The SMILES string of the molecule is Clc1ccc(C(NC2CC2)c2cccs2)s1. The van der Waals surface area contributed by atoms with Crippen molar-refractivity contribution in [1.29, 1.82) is 0 Å². The van der Waals surface area contributed by atoms with E-state index >= 15 is 0 Å². The van der Waals surface area contributed by atoms with E-state index in [0.29, 0.717) is 12.1 Å². The fraction of sp³-hybridized carbons (Fsp3) is 0.333. The van der Waals surface area contributed by atoms with Crippen LogP contribution in [0.2, 0.25) is 4.34 Å². The highest BCUT2D eigenvalue weighted by Crippen LogP contribution is 2.35. The molecule has 2 aromatic heterocycles. The molecule has 0 spiro atoms. The van der Waals surface area contributed by atoms with Gasteiger partial charge in [0.2, 0.25) is 0 Å². The van der Waals surface area contributed by atoms with Crippen LogP contribution in [0.4, 0.5) is 0 Å². The first-order valence-electron chi connectivity index (χ1n) is 5.37. The molecule has 0 aromatic carbocycles. The Hall–Kier alpha value is -0.350. The zero-order valence-electron chi connectivity index (χ0n) is 8.65. The van der Waals surface area contributed by atoms with Crippen LogP contribution in [0.25, 0.3) is 0 Å². The maximum atomic E-state index is 6.01. The minimum atomic E-state index is 0.338. The van der Waals surface area contributed by atoms with Gasteiger partial charge >= 0.3 is 0 Å². The number of rotatable bonds is 4. The van der Waals surface area contributed by atoms with Gasteiger partial charge < -0.3 is 5.32 Å². The lowest BCUT2D eigenvalue weighted by Gasteiger charge is -2.15. The largest absolute Gasteiger partial charge is 0.302 e. The zero-order valence-corrected chi connectivity index (χ0v) is 11.0. The molecule has 1 saturated carbocycles. The van der Waals surface area contributed by atoms with E-state index in [1.165, 1.54) is 22.6 Å². The monoisotopic (exact) mass is 269 g/mol. The molecule has 1 aliphatic carbocycles. The van der Waals surface area contributed by atoms with E-state index in [4.69, 9.17) is 11.6 Å². The Kier molecular flexibility index (Phi) is 3.03. The molecule has 4 heteroatoms. The van der Waals surface area contributed by atoms with Crippen molar-refractivity contribution < 1.29 is 0 Å². The van der Waals surface area contributed by atoms with Crippen LogP contribution in [0.3, 0.4) is 0 Å². The molecule has 1 unspecified atom stereocenters. The molecule has 0 bridgehead atoms. The van der Waals surface area contributed by atoms with Crippen LogP contribution in [0.1, 0.15) is 28.6 Å². The number of hydrogen-bond acceptors (Lipinski definition) is 3. The molecule has 1 atom stereocenters. The van der Waals surface area contributed by atoms with Crippen LogP contribution >= 0.6 is 34.3 Å². The maximum absolute atomic E-state index is 6.01. The quantitative estimate of drug-likeness (QED) is 0.872. The Morgan fingerprint density at radius 1 is 1.25 bits per heavy atom. The second-order valence-corrected chi connectivity index (χ2v) is 6.76. The zero-order chi connectivity index (χ0) is 11.0. The van der Waals surface area contributed by atoms with Gasteiger partial charge in [0.1, 0.15) is 0 Å². The van der Waals surface area contributed by atoms with Gasteiger partial charge in [-0.3, -0.25) is 0 Å². The van der Waals surface area contributed by atoms with Crippen molar-refractivity contribution in [3.63, 3.8) is 0 Å². The van der Waals surface area contributed by atoms with Crippen LogP contribution in [0, 0.1) is 0 Å². The fourth-order valence-electron chi connectivity index (χ4n) is 1.73. The molecule has 0 saturated heterocycles. The van der Waals surface area contributed by atoms with Gasteiger partial charge in [0.25, 0.3) is 0 Å². The number of nitrogens with one attached hydrogen (secondary N) is 1. The third-order valence-electron chi connectivity index (χ3n) is 2.69. The highest BCUT2D eigenvalue weighted by Gasteiger charge is 2.27.